The van der Waals surface area contributed by atoms with Gasteiger partial charge in [-0.1, -0.05) is 18.2 Å². The van der Waals surface area contributed by atoms with Gasteiger partial charge < -0.3 is 14.8 Å². The smallest absolute Gasteiger partial charge is 0.462 e. The summed E-state index contributed by atoms with van der Waals surface area (Å²) in [6.45, 7) is 2.07. The van der Waals surface area contributed by atoms with Crippen LogP contribution in [0.4, 0.5) is 0 Å². The SMILES string of the molecule is CCOC(=O)c1cc2cccc(B(O)O)c2s1. The maximum atomic E-state index is 11.6. The minimum absolute atomic E-state index is 0.322. The predicted molar refractivity (Wildman–Crippen MR) is 67.6 cm³/mol. The maximum Gasteiger partial charge on any atom is 0.489 e. The lowest BCUT2D eigenvalue weighted by atomic mass is 9.80. The lowest BCUT2D eigenvalue weighted by molar-refractivity contribution is 0.0532. The molecule has 1 aromatic carbocycles. The lowest BCUT2D eigenvalue weighted by Gasteiger charge is -1.99. The molecule has 2 N–H and O–H groups in total. The van der Waals surface area contributed by atoms with Crippen LogP contribution in [0.2, 0.25) is 0 Å². The van der Waals surface area contributed by atoms with E-state index in [4.69, 9.17) is 4.74 Å². The summed E-state index contributed by atoms with van der Waals surface area (Å²) < 4.78 is 5.60. The molecule has 0 atom stereocenters. The number of fused-ring (bicyclic) bond motifs is 1. The van der Waals surface area contributed by atoms with Crippen LogP contribution in [0.3, 0.4) is 0 Å². The van der Waals surface area contributed by atoms with Gasteiger partial charge in [0.05, 0.1) is 6.61 Å². The first-order chi connectivity index (χ1) is 8.13. The van der Waals surface area contributed by atoms with Gasteiger partial charge in [0.2, 0.25) is 0 Å². The molecule has 1 aromatic heterocycles. The van der Waals surface area contributed by atoms with Crippen LogP contribution in [-0.2, 0) is 4.74 Å². The highest BCUT2D eigenvalue weighted by Crippen LogP contribution is 2.24. The Labute approximate surface area is 103 Å². The van der Waals surface area contributed by atoms with Gasteiger partial charge in [0.1, 0.15) is 4.88 Å². The topological polar surface area (TPSA) is 66.8 Å². The maximum absolute atomic E-state index is 11.6. The summed E-state index contributed by atoms with van der Waals surface area (Å²) in [5.41, 5.74) is 0.406. The van der Waals surface area contributed by atoms with E-state index >= 15 is 0 Å². The molecule has 2 aromatic rings. The molecule has 0 fully saturated rings. The van der Waals surface area contributed by atoms with Gasteiger partial charge in [0, 0.05) is 4.70 Å². The van der Waals surface area contributed by atoms with Gasteiger partial charge in [-0.3, -0.25) is 0 Å². The van der Waals surface area contributed by atoms with Crippen molar-refractivity contribution in [1.82, 2.24) is 0 Å². The van der Waals surface area contributed by atoms with Crippen molar-refractivity contribution in [1.29, 1.82) is 0 Å². The van der Waals surface area contributed by atoms with Crippen LogP contribution >= 0.6 is 11.3 Å². The Balaban J connectivity index is 2.50. The number of rotatable bonds is 3. The largest absolute Gasteiger partial charge is 0.489 e. The molecule has 0 bridgehead atoms. The Morgan fingerprint density at radius 1 is 1.47 bits per heavy atom. The van der Waals surface area contributed by atoms with Gasteiger partial charge in [-0.25, -0.2) is 4.79 Å². The van der Waals surface area contributed by atoms with E-state index in [1.807, 2.05) is 6.07 Å². The molecule has 17 heavy (non-hydrogen) atoms. The van der Waals surface area contributed by atoms with E-state index in [1.165, 1.54) is 11.3 Å². The molecule has 0 aliphatic carbocycles. The first-order valence-electron chi connectivity index (χ1n) is 5.19. The highest BCUT2D eigenvalue weighted by Gasteiger charge is 2.18. The first kappa shape index (κ1) is 12.1. The van der Waals surface area contributed by atoms with Crippen molar-refractivity contribution in [3.8, 4) is 0 Å². The zero-order chi connectivity index (χ0) is 12.4. The molecule has 0 spiro atoms. The zero-order valence-electron chi connectivity index (χ0n) is 9.21. The van der Waals surface area contributed by atoms with E-state index in [9.17, 15) is 14.8 Å². The molecule has 0 saturated carbocycles. The van der Waals surface area contributed by atoms with Crippen LogP contribution in [0.5, 0.6) is 0 Å². The number of carbonyl (C=O) groups excluding carboxylic acids is 1. The third kappa shape index (κ3) is 2.33. The minimum Gasteiger partial charge on any atom is -0.462 e. The fourth-order valence-corrected chi connectivity index (χ4v) is 2.68. The summed E-state index contributed by atoms with van der Waals surface area (Å²) in [4.78, 5) is 12.0. The molecular weight excluding hydrogens is 239 g/mol. The molecule has 88 valence electrons. The molecule has 0 radical (unpaired) electrons. The number of carbonyl (C=O) groups is 1. The summed E-state index contributed by atoms with van der Waals surface area (Å²) in [5, 5.41) is 19.2. The number of hydrogen-bond donors (Lipinski definition) is 2. The normalized spacial score (nSPS) is 10.5. The second-order valence-electron chi connectivity index (χ2n) is 3.47. The van der Waals surface area contributed by atoms with E-state index in [0.29, 0.717) is 21.6 Å². The van der Waals surface area contributed by atoms with Gasteiger partial charge in [-0.2, -0.15) is 0 Å². The Kier molecular flexibility index (Phi) is 3.47. The number of benzene rings is 1. The Morgan fingerprint density at radius 3 is 2.88 bits per heavy atom. The molecule has 0 amide bonds. The van der Waals surface area contributed by atoms with Crippen LogP contribution in [0.25, 0.3) is 10.1 Å². The van der Waals surface area contributed by atoms with E-state index in [-0.39, 0.29) is 5.97 Å². The van der Waals surface area contributed by atoms with Crippen molar-refractivity contribution in [2.75, 3.05) is 6.61 Å². The number of ether oxygens (including phenoxy) is 1. The van der Waals surface area contributed by atoms with Crippen LogP contribution in [0, 0.1) is 0 Å². The second kappa shape index (κ2) is 4.87. The molecular formula is C11H11BO4S. The van der Waals surface area contributed by atoms with E-state index in [2.05, 4.69) is 0 Å². The van der Waals surface area contributed by atoms with Crippen LogP contribution < -0.4 is 5.46 Å². The monoisotopic (exact) mass is 250 g/mol. The van der Waals surface area contributed by atoms with E-state index < -0.39 is 7.12 Å². The van der Waals surface area contributed by atoms with Crippen molar-refractivity contribution in [2.24, 2.45) is 0 Å². The molecule has 0 aliphatic rings. The molecule has 0 aliphatic heterocycles. The third-order valence-electron chi connectivity index (χ3n) is 2.33. The molecule has 4 nitrogen and oxygen atoms in total. The number of thiophene rings is 1. The van der Waals surface area contributed by atoms with Gasteiger partial charge >= 0.3 is 13.1 Å². The standard InChI is InChI=1S/C11H11BO4S/c1-2-16-11(13)9-6-7-4-3-5-8(12(14)15)10(7)17-9/h3-6,14-15H,2H2,1H3. The Bertz CT molecular complexity index is 549. The third-order valence-corrected chi connectivity index (χ3v) is 3.51. The lowest BCUT2D eigenvalue weighted by Crippen LogP contribution is -2.29. The summed E-state index contributed by atoms with van der Waals surface area (Å²) in [6, 6.07) is 6.86. The van der Waals surface area contributed by atoms with Gasteiger partial charge in [-0.05, 0) is 23.8 Å². The van der Waals surface area contributed by atoms with Crippen molar-refractivity contribution >= 4 is 40.0 Å². The van der Waals surface area contributed by atoms with Crippen LogP contribution in [0.1, 0.15) is 16.6 Å². The fraction of sp³-hybridized carbons (Fsp3) is 0.182. The van der Waals surface area contributed by atoms with Gasteiger partial charge in [0.15, 0.2) is 0 Å². The second-order valence-corrected chi connectivity index (χ2v) is 4.52. The number of esters is 1. The van der Waals surface area contributed by atoms with Crippen molar-refractivity contribution in [3.05, 3.63) is 29.1 Å². The Hall–Kier alpha value is -1.37. The number of hydrogen-bond acceptors (Lipinski definition) is 5. The van der Waals surface area contributed by atoms with Gasteiger partial charge in [0.25, 0.3) is 0 Å². The highest BCUT2D eigenvalue weighted by atomic mass is 32.1. The molecule has 6 heteroatoms. The fourth-order valence-electron chi connectivity index (χ4n) is 1.59. The van der Waals surface area contributed by atoms with Crippen molar-refractivity contribution in [3.63, 3.8) is 0 Å². The minimum atomic E-state index is -1.53. The van der Waals surface area contributed by atoms with Gasteiger partial charge in [-0.15, -0.1) is 11.3 Å². The van der Waals surface area contributed by atoms with Crippen molar-refractivity contribution in [2.45, 2.75) is 6.92 Å². The predicted octanol–water partition coefficient (Wildman–Crippen LogP) is 0.758. The molecule has 2 rings (SSSR count). The molecule has 0 saturated heterocycles. The summed E-state index contributed by atoms with van der Waals surface area (Å²) >= 11 is 1.21. The first-order valence-corrected chi connectivity index (χ1v) is 6.01. The van der Waals surface area contributed by atoms with Crippen LogP contribution in [0.15, 0.2) is 24.3 Å². The van der Waals surface area contributed by atoms with Crippen LogP contribution in [-0.4, -0.2) is 29.7 Å². The quantitative estimate of drug-likeness (QED) is 0.623. The molecule has 1 heterocycles. The average molecular weight is 250 g/mol. The highest BCUT2D eigenvalue weighted by molar-refractivity contribution is 7.22. The Morgan fingerprint density at radius 2 is 2.24 bits per heavy atom. The average Bonchev–Trinajstić information content (AvgIpc) is 2.72. The van der Waals surface area contributed by atoms with E-state index in [1.54, 1.807) is 25.1 Å². The van der Waals surface area contributed by atoms with Crippen molar-refractivity contribution < 1.29 is 19.6 Å². The summed E-state index contributed by atoms with van der Waals surface area (Å²) in [6.07, 6.45) is 0. The van der Waals surface area contributed by atoms with E-state index in [0.717, 1.165) is 5.39 Å². The summed E-state index contributed by atoms with van der Waals surface area (Å²) in [5.74, 6) is -0.382. The summed E-state index contributed by atoms with van der Waals surface area (Å²) in [7, 11) is -1.53. The zero-order valence-corrected chi connectivity index (χ0v) is 10.0. The molecule has 0 unspecified atom stereocenters.